The average molecular weight is 404 g/mol. The molecule has 0 aliphatic carbocycles. The molecule has 4 aromatic rings. The van der Waals surface area contributed by atoms with E-state index in [1.807, 2.05) is 60.8 Å². The summed E-state index contributed by atoms with van der Waals surface area (Å²) in [5.41, 5.74) is 3.92. The van der Waals surface area contributed by atoms with Gasteiger partial charge < -0.3 is 4.52 Å². The molecular weight excluding hydrogens is 382 g/mol. The van der Waals surface area contributed by atoms with Crippen LogP contribution in [0.2, 0.25) is 0 Å². The lowest BCUT2D eigenvalue weighted by Crippen LogP contribution is -2.31. The van der Waals surface area contributed by atoms with Crippen LogP contribution >= 0.6 is 11.3 Å². The van der Waals surface area contributed by atoms with E-state index >= 15 is 0 Å². The second kappa shape index (κ2) is 8.86. The Labute approximate surface area is 173 Å². The third-order valence-corrected chi connectivity index (χ3v) is 5.48. The number of hydrogen-bond donors (Lipinski definition) is 2. The van der Waals surface area contributed by atoms with Crippen molar-refractivity contribution in [2.24, 2.45) is 0 Å². The maximum absolute atomic E-state index is 12.5. The number of benzene rings is 2. The minimum absolute atomic E-state index is 0.0419. The number of nitrogens with zero attached hydrogens (tertiary/aromatic N) is 1. The van der Waals surface area contributed by atoms with Crippen LogP contribution in [0.1, 0.15) is 22.0 Å². The van der Waals surface area contributed by atoms with Crippen LogP contribution in [0.4, 0.5) is 5.88 Å². The molecule has 1 amide bonds. The van der Waals surface area contributed by atoms with Crippen molar-refractivity contribution >= 4 is 23.1 Å². The molecule has 0 spiro atoms. The first-order chi connectivity index (χ1) is 14.2. The maximum atomic E-state index is 12.5. The minimum Gasteiger partial charge on any atom is -0.338 e. The Morgan fingerprint density at radius 1 is 1.07 bits per heavy atom. The van der Waals surface area contributed by atoms with Crippen molar-refractivity contribution in [1.82, 2.24) is 10.5 Å². The van der Waals surface area contributed by atoms with Crippen LogP contribution in [0.15, 0.2) is 82.7 Å². The molecule has 0 aliphatic rings. The Morgan fingerprint density at radius 2 is 1.86 bits per heavy atom. The summed E-state index contributed by atoms with van der Waals surface area (Å²) >= 11 is 1.66. The Hall–Kier alpha value is -3.22. The summed E-state index contributed by atoms with van der Waals surface area (Å²) in [5, 5.41) is 12.2. The number of thiophene rings is 1. The summed E-state index contributed by atoms with van der Waals surface area (Å²) in [7, 11) is 0. The van der Waals surface area contributed by atoms with Crippen LogP contribution in [0.5, 0.6) is 0 Å². The van der Waals surface area contributed by atoms with Gasteiger partial charge in [0.15, 0.2) is 0 Å². The van der Waals surface area contributed by atoms with Crippen molar-refractivity contribution in [1.29, 1.82) is 0 Å². The van der Waals surface area contributed by atoms with Crippen LogP contribution in [-0.4, -0.2) is 17.6 Å². The van der Waals surface area contributed by atoms with Crippen molar-refractivity contribution in [3.05, 3.63) is 94.2 Å². The lowest BCUT2D eigenvalue weighted by Gasteiger charge is -2.17. The highest BCUT2D eigenvalue weighted by Crippen LogP contribution is 2.26. The van der Waals surface area contributed by atoms with Crippen LogP contribution in [-0.2, 0) is 4.79 Å². The van der Waals surface area contributed by atoms with Gasteiger partial charge in [0.2, 0.25) is 11.8 Å². The summed E-state index contributed by atoms with van der Waals surface area (Å²) in [6.45, 7) is 2.18. The number of rotatable bonds is 7. The Bertz CT molecular complexity index is 1060. The van der Waals surface area contributed by atoms with E-state index in [-0.39, 0.29) is 18.5 Å². The van der Waals surface area contributed by atoms with E-state index in [4.69, 9.17) is 4.52 Å². The molecular formula is C23H21N3O2S. The summed E-state index contributed by atoms with van der Waals surface area (Å²) in [6.07, 6.45) is 0. The fourth-order valence-electron chi connectivity index (χ4n) is 3.05. The minimum atomic E-state index is -0.186. The molecule has 0 bridgehead atoms. The smallest absolute Gasteiger partial charge is 0.240 e. The zero-order valence-corrected chi connectivity index (χ0v) is 16.8. The third-order valence-electron chi connectivity index (χ3n) is 4.55. The van der Waals surface area contributed by atoms with Crippen molar-refractivity contribution in [3.63, 3.8) is 0 Å². The molecule has 5 nitrogen and oxygen atoms in total. The van der Waals surface area contributed by atoms with Crippen LogP contribution in [0.3, 0.4) is 0 Å². The fourth-order valence-corrected chi connectivity index (χ4v) is 3.88. The average Bonchev–Trinajstić information content (AvgIpc) is 3.42. The second-order valence-electron chi connectivity index (χ2n) is 6.73. The molecule has 0 saturated heterocycles. The van der Waals surface area contributed by atoms with Gasteiger partial charge >= 0.3 is 0 Å². The second-order valence-corrected chi connectivity index (χ2v) is 7.71. The molecule has 0 radical (unpaired) electrons. The quantitative estimate of drug-likeness (QED) is 0.454. The molecule has 2 heterocycles. The number of hydrogen-bond acceptors (Lipinski definition) is 5. The Balaban J connectivity index is 1.40. The van der Waals surface area contributed by atoms with Gasteiger partial charge in [0.05, 0.1) is 12.6 Å². The van der Waals surface area contributed by atoms with E-state index in [2.05, 4.69) is 34.0 Å². The van der Waals surface area contributed by atoms with Crippen molar-refractivity contribution < 1.29 is 9.32 Å². The van der Waals surface area contributed by atoms with E-state index in [1.165, 1.54) is 5.56 Å². The maximum Gasteiger partial charge on any atom is 0.240 e. The number of aromatic nitrogens is 1. The van der Waals surface area contributed by atoms with E-state index in [9.17, 15) is 4.79 Å². The fraction of sp³-hybridized carbons (Fsp3) is 0.130. The molecule has 29 heavy (non-hydrogen) atoms. The molecule has 146 valence electrons. The number of amides is 1. The van der Waals surface area contributed by atoms with Gasteiger partial charge in [-0.05, 0) is 23.9 Å². The molecule has 0 aliphatic heterocycles. The van der Waals surface area contributed by atoms with Gasteiger partial charge in [-0.3, -0.25) is 15.4 Å². The summed E-state index contributed by atoms with van der Waals surface area (Å²) < 4.78 is 5.28. The lowest BCUT2D eigenvalue weighted by atomic mass is 10.1. The van der Waals surface area contributed by atoms with Crippen LogP contribution in [0, 0.1) is 6.92 Å². The number of carbonyl (C=O) groups is 1. The molecule has 1 atom stereocenters. The van der Waals surface area contributed by atoms with Gasteiger partial charge in [0.1, 0.15) is 5.69 Å². The summed E-state index contributed by atoms with van der Waals surface area (Å²) in [6, 6.07) is 23.8. The molecule has 6 heteroatoms. The van der Waals surface area contributed by atoms with Gasteiger partial charge in [0, 0.05) is 16.5 Å². The van der Waals surface area contributed by atoms with Crippen molar-refractivity contribution in [2.45, 2.75) is 13.0 Å². The largest absolute Gasteiger partial charge is 0.338 e. The van der Waals surface area contributed by atoms with E-state index in [0.717, 1.165) is 16.0 Å². The monoisotopic (exact) mass is 403 g/mol. The predicted molar refractivity (Wildman–Crippen MR) is 116 cm³/mol. The lowest BCUT2D eigenvalue weighted by molar-refractivity contribution is -0.115. The highest BCUT2D eigenvalue weighted by atomic mass is 32.1. The van der Waals surface area contributed by atoms with Crippen LogP contribution in [0.25, 0.3) is 11.3 Å². The first-order valence-corrected chi connectivity index (χ1v) is 10.2. The van der Waals surface area contributed by atoms with Gasteiger partial charge in [-0.25, -0.2) is 0 Å². The molecule has 2 aromatic carbocycles. The normalized spacial score (nSPS) is 11.9. The first-order valence-electron chi connectivity index (χ1n) is 9.34. The zero-order chi connectivity index (χ0) is 20.1. The van der Waals surface area contributed by atoms with Crippen molar-refractivity contribution in [3.8, 4) is 11.3 Å². The molecule has 2 aromatic heterocycles. The first kappa shape index (κ1) is 19.1. The topological polar surface area (TPSA) is 67.2 Å². The van der Waals surface area contributed by atoms with Crippen LogP contribution < -0.4 is 10.6 Å². The molecule has 4 rings (SSSR count). The standard InChI is InChI=1S/C23H21N3O2S/c1-16-9-11-17(12-10-16)19-14-22(28-26-19)25-21(27)15-24-23(20-8-5-13-29-20)18-6-3-2-4-7-18/h2-14,23-24H,15H2,1H3,(H,25,27)/t23-/m1/s1. The molecule has 0 fully saturated rings. The van der Waals surface area contributed by atoms with Gasteiger partial charge in [-0.15, -0.1) is 11.3 Å². The Kier molecular flexibility index (Phi) is 5.84. The number of aryl methyl sites for hydroxylation is 1. The van der Waals surface area contributed by atoms with Crippen molar-refractivity contribution in [2.75, 3.05) is 11.9 Å². The third kappa shape index (κ3) is 4.80. The SMILES string of the molecule is Cc1ccc(-c2cc(NC(=O)CN[C@H](c3ccccc3)c3cccs3)on2)cc1. The van der Waals surface area contributed by atoms with Gasteiger partial charge in [0.25, 0.3) is 0 Å². The molecule has 2 N–H and O–H groups in total. The van der Waals surface area contributed by atoms with E-state index < -0.39 is 0 Å². The summed E-state index contributed by atoms with van der Waals surface area (Å²) in [4.78, 5) is 13.6. The molecule has 0 saturated carbocycles. The molecule has 0 unspecified atom stereocenters. The highest BCUT2D eigenvalue weighted by molar-refractivity contribution is 7.10. The van der Waals surface area contributed by atoms with Gasteiger partial charge in [-0.2, -0.15) is 0 Å². The zero-order valence-electron chi connectivity index (χ0n) is 16.0. The van der Waals surface area contributed by atoms with Gasteiger partial charge in [-0.1, -0.05) is 71.4 Å². The predicted octanol–water partition coefficient (Wildman–Crippen LogP) is 5.03. The number of nitrogens with one attached hydrogen (secondary N) is 2. The number of carbonyl (C=O) groups excluding carboxylic acids is 1. The Morgan fingerprint density at radius 3 is 2.59 bits per heavy atom. The highest BCUT2D eigenvalue weighted by Gasteiger charge is 2.17. The van der Waals surface area contributed by atoms with E-state index in [0.29, 0.717) is 11.6 Å². The number of anilines is 1. The summed E-state index contributed by atoms with van der Waals surface area (Å²) in [5.74, 6) is 0.147. The van der Waals surface area contributed by atoms with E-state index in [1.54, 1.807) is 17.4 Å².